The average molecular weight is 439 g/mol. The molecular formula is C21H35FN6O3. The van der Waals surface area contributed by atoms with Gasteiger partial charge in [0.15, 0.2) is 0 Å². The predicted molar refractivity (Wildman–Crippen MR) is 113 cm³/mol. The van der Waals surface area contributed by atoms with Crippen LogP contribution in [-0.2, 0) is 22.7 Å². The fourth-order valence-electron chi connectivity index (χ4n) is 5.52. The number of hydrogen-bond donors (Lipinski definition) is 3. The molecule has 0 radical (unpaired) electrons. The summed E-state index contributed by atoms with van der Waals surface area (Å²) in [7, 11) is 0. The van der Waals surface area contributed by atoms with Gasteiger partial charge in [0.05, 0.1) is 12.6 Å². The van der Waals surface area contributed by atoms with Crippen molar-refractivity contribution in [1.29, 1.82) is 0 Å². The summed E-state index contributed by atoms with van der Waals surface area (Å²) in [4.78, 5) is 30.2. The summed E-state index contributed by atoms with van der Waals surface area (Å²) in [5.74, 6) is 0.580. The topological polar surface area (TPSA) is 118 Å². The summed E-state index contributed by atoms with van der Waals surface area (Å²) in [5, 5.41) is 6.62. The van der Waals surface area contributed by atoms with E-state index < -0.39 is 18.1 Å². The van der Waals surface area contributed by atoms with Crippen molar-refractivity contribution in [3.63, 3.8) is 0 Å². The number of nitrogens with one attached hydrogen (secondary N) is 2. The maximum Gasteiger partial charge on any atom is 0.343 e. The summed E-state index contributed by atoms with van der Waals surface area (Å²) >= 11 is 0. The number of hydrogen-bond acceptors (Lipinski definition) is 6. The summed E-state index contributed by atoms with van der Waals surface area (Å²) in [5.41, 5.74) is 7.74. The van der Waals surface area contributed by atoms with Crippen LogP contribution < -0.4 is 16.9 Å². The number of nitrogens with zero attached hydrogens (tertiary/aromatic N) is 3. The molecule has 0 aromatic carbocycles. The van der Waals surface area contributed by atoms with Crippen molar-refractivity contribution in [1.82, 2.24) is 25.1 Å². The number of hydroxylamine groups is 1. The summed E-state index contributed by atoms with van der Waals surface area (Å²) in [6.07, 6.45) is 7.59. The molecule has 2 aliphatic carbocycles. The minimum Gasteiger partial charge on any atom is -0.368 e. The second-order valence-electron chi connectivity index (χ2n) is 9.48. The van der Waals surface area contributed by atoms with E-state index in [4.69, 9.17) is 10.6 Å². The van der Waals surface area contributed by atoms with Crippen LogP contribution in [0.1, 0.15) is 64.1 Å². The minimum absolute atomic E-state index is 0.0571. The molecule has 3 fully saturated rings. The van der Waals surface area contributed by atoms with Gasteiger partial charge in [-0.15, -0.1) is 0 Å². The number of aromatic nitrogens is 3. The van der Waals surface area contributed by atoms with E-state index in [1.165, 1.54) is 32.1 Å². The van der Waals surface area contributed by atoms with Gasteiger partial charge in [0.25, 0.3) is 0 Å². The van der Waals surface area contributed by atoms with Crippen molar-refractivity contribution in [2.75, 3.05) is 6.54 Å². The highest BCUT2D eigenvalue weighted by Gasteiger charge is 2.44. The van der Waals surface area contributed by atoms with E-state index in [-0.39, 0.29) is 17.7 Å². The Hall–Kier alpha value is -1.78. The van der Waals surface area contributed by atoms with Crippen molar-refractivity contribution in [2.24, 2.45) is 17.6 Å². The van der Waals surface area contributed by atoms with Gasteiger partial charge >= 0.3 is 5.69 Å². The highest BCUT2D eigenvalue weighted by molar-refractivity contribution is 5.79. The molecule has 1 saturated heterocycles. The Morgan fingerprint density at radius 2 is 1.97 bits per heavy atom. The van der Waals surface area contributed by atoms with Gasteiger partial charge in [-0.05, 0) is 38.0 Å². The van der Waals surface area contributed by atoms with Crippen molar-refractivity contribution >= 4 is 5.91 Å². The van der Waals surface area contributed by atoms with Crippen LogP contribution in [0.2, 0.25) is 0 Å². The number of H-pyrrole nitrogens is 1. The molecule has 2 aliphatic heterocycles. The highest BCUT2D eigenvalue weighted by atomic mass is 19.1. The van der Waals surface area contributed by atoms with Crippen LogP contribution in [0.4, 0.5) is 4.39 Å². The van der Waals surface area contributed by atoms with Crippen LogP contribution in [0.5, 0.6) is 0 Å². The first-order chi connectivity index (χ1) is 14.9. The lowest BCUT2D eigenvalue weighted by Gasteiger charge is -2.43. The maximum absolute atomic E-state index is 13.7. The van der Waals surface area contributed by atoms with Crippen LogP contribution in [0.25, 0.3) is 0 Å². The number of aromatic amines is 1. The van der Waals surface area contributed by atoms with Crippen LogP contribution in [-0.4, -0.2) is 56.5 Å². The molecule has 2 saturated carbocycles. The molecule has 1 aromatic heterocycles. The molecule has 3 heterocycles. The average Bonchev–Trinajstić information content (AvgIpc) is 3.17. The molecular weight excluding hydrogens is 403 g/mol. The quantitative estimate of drug-likeness (QED) is 0.639. The lowest BCUT2D eigenvalue weighted by Crippen LogP contribution is -2.56. The molecule has 5 atom stereocenters. The summed E-state index contributed by atoms with van der Waals surface area (Å²) < 4.78 is 15.4. The van der Waals surface area contributed by atoms with E-state index in [0.717, 1.165) is 31.9 Å². The first kappa shape index (κ1) is 22.4. The van der Waals surface area contributed by atoms with E-state index in [1.807, 2.05) is 0 Å². The minimum atomic E-state index is -0.866. The van der Waals surface area contributed by atoms with E-state index in [9.17, 15) is 14.0 Å². The van der Waals surface area contributed by atoms with Crippen molar-refractivity contribution in [3.05, 3.63) is 16.3 Å². The first-order valence-electron chi connectivity index (χ1n) is 11.7. The number of amides is 1. The number of carbonyl (C=O) groups is 1. The lowest BCUT2D eigenvalue weighted by molar-refractivity contribution is -0.170. The fourth-order valence-corrected chi connectivity index (χ4v) is 5.52. The Bertz CT molecular complexity index is 807. The van der Waals surface area contributed by atoms with Crippen LogP contribution >= 0.6 is 0 Å². The van der Waals surface area contributed by atoms with Crippen LogP contribution in [0, 0.1) is 11.8 Å². The van der Waals surface area contributed by atoms with Gasteiger partial charge in [-0.3, -0.25) is 19.1 Å². The van der Waals surface area contributed by atoms with Crippen molar-refractivity contribution < 1.29 is 14.0 Å². The normalized spacial score (nSPS) is 34.2. The van der Waals surface area contributed by atoms with Crippen molar-refractivity contribution in [2.45, 2.75) is 95.7 Å². The van der Waals surface area contributed by atoms with Gasteiger partial charge in [-0.25, -0.2) is 14.3 Å². The zero-order chi connectivity index (χ0) is 22.0. The second kappa shape index (κ2) is 9.79. The molecule has 5 unspecified atom stereocenters. The van der Waals surface area contributed by atoms with E-state index >= 15 is 0 Å². The molecule has 31 heavy (non-hydrogen) atoms. The third-order valence-electron chi connectivity index (χ3n) is 7.43. The zero-order valence-corrected chi connectivity index (χ0v) is 18.3. The Morgan fingerprint density at radius 1 is 1.19 bits per heavy atom. The zero-order valence-electron chi connectivity index (χ0n) is 18.3. The van der Waals surface area contributed by atoms with Crippen molar-refractivity contribution in [3.8, 4) is 0 Å². The Morgan fingerprint density at radius 3 is 2.71 bits per heavy atom. The van der Waals surface area contributed by atoms with Gasteiger partial charge in [0, 0.05) is 25.0 Å². The summed E-state index contributed by atoms with van der Waals surface area (Å²) in [6, 6.07) is 0.170. The molecule has 1 aromatic rings. The predicted octanol–water partition coefficient (Wildman–Crippen LogP) is 1.24. The number of nitrogens with two attached hydrogens (primary N) is 1. The lowest BCUT2D eigenvalue weighted by atomic mass is 9.75. The molecule has 4 N–H and O–H groups in total. The standard InChI is InChI=1S/C11H18N4O.C10H17FN2O2/c16-11-13-12-10-8-14(6-7-15(10)11)9-4-2-1-3-5-9;1-5-2-3-7(11)6-4-8(10(12)14)13-15-9(5)6/h9H,1-8H2,(H,13,16);5-9,13H,2-4H2,1H3,(H2,12,14). The molecule has 5 rings (SSSR count). The highest BCUT2D eigenvalue weighted by Crippen LogP contribution is 2.38. The Labute approximate surface area is 181 Å². The second-order valence-corrected chi connectivity index (χ2v) is 9.48. The van der Waals surface area contributed by atoms with Crippen LogP contribution in [0.15, 0.2) is 4.79 Å². The molecule has 1 amide bonds. The van der Waals surface area contributed by atoms with Gasteiger partial charge in [0.1, 0.15) is 18.0 Å². The smallest absolute Gasteiger partial charge is 0.343 e. The molecule has 0 spiro atoms. The SMILES string of the molecule is CC1CCC(F)C2CC(C(N)=O)NOC12.O=c1[nH]nc2n1CCN(C1CCCCC1)C2. The monoisotopic (exact) mass is 438 g/mol. The Balaban J connectivity index is 0.000000150. The first-order valence-corrected chi connectivity index (χ1v) is 11.7. The molecule has 0 bridgehead atoms. The summed E-state index contributed by atoms with van der Waals surface area (Å²) in [6.45, 7) is 4.68. The maximum atomic E-state index is 13.7. The number of halogens is 1. The number of rotatable bonds is 2. The Kier molecular flexibility index (Phi) is 7.08. The fraction of sp³-hybridized carbons (Fsp3) is 0.857. The number of carbonyl (C=O) groups excluding carboxylic acids is 1. The molecule has 10 heteroatoms. The third kappa shape index (κ3) is 5.01. The van der Waals surface area contributed by atoms with Gasteiger partial charge < -0.3 is 5.73 Å². The molecule has 9 nitrogen and oxygen atoms in total. The van der Waals surface area contributed by atoms with E-state index in [0.29, 0.717) is 24.8 Å². The van der Waals surface area contributed by atoms with E-state index in [1.54, 1.807) is 4.57 Å². The number of alkyl halides is 1. The number of fused-ring (bicyclic) bond motifs is 2. The van der Waals surface area contributed by atoms with E-state index in [2.05, 4.69) is 27.5 Å². The van der Waals surface area contributed by atoms with Gasteiger partial charge in [-0.1, -0.05) is 26.2 Å². The van der Waals surface area contributed by atoms with Gasteiger partial charge in [-0.2, -0.15) is 10.6 Å². The number of primary amides is 1. The van der Waals surface area contributed by atoms with Gasteiger partial charge in [0.2, 0.25) is 5.91 Å². The third-order valence-corrected chi connectivity index (χ3v) is 7.43. The van der Waals surface area contributed by atoms with Crippen LogP contribution in [0.3, 0.4) is 0 Å². The molecule has 174 valence electrons. The molecule has 4 aliphatic rings. The largest absolute Gasteiger partial charge is 0.368 e.